The number of nitrogens with one attached hydrogen (secondary N) is 1. The number of nitro groups is 1. The van der Waals surface area contributed by atoms with E-state index in [1.807, 2.05) is 24.3 Å². The molecular weight excluding hydrogens is 232 g/mol. The molecule has 0 atom stereocenters. The molecule has 1 rings (SSSR count). The molecule has 0 aromatic heterocycles. The summed E-state index contributed by atoms with van der Waals surface area (Å²) in [5, 5.41) is 13.8. The lowest BCUT2D eigenvalue weighted by atomic mass is 10.1. The second-order valence-electron chi connectivity index (χ2n) is 4.81. The largest absolute Gasteiger partial charge is 0.496 e. The van der Waals surface area contributed by atoms with Crippen LogP contribution in [0.2, 0.25) is 0 Å². The quantitative estimate of drug-likeness (QED) is 0.457. The van der Waals surface area contributed by atoms with Crippen LogP contribution in [-0.4, -0.2) is 30.7 Å². The van der Waals surface area contributed by atoms with E-state index in [1.165, 1.54) is 0 Å². The Balaban J connectivity index is 2.41. The van der Waals surface area contributed by atoms with E-state index < -0.39 is 5.54 Å². The fourth-order valence-electron chi connectivity index (χ4n) is 1.59. The Kier molecular flexibility index (Phi) is 5.09. The van der Waals surface area contributed by atoms with E-state index in [-0.39, 0.29) is 4.92 Å². The molecule has 0 saturated heterocycles. The van der Waals surface area contributed by atoms with Gasteiger partial charge in [-0.1, -0.05) is 18.2 Å². The highest BCUT2D eigenvalue weighted by Gasteiger charge is 2.29. The van der Waals surface area contributed by atoms with Crippen LogP contribution in [0.3, 0.4) is 0 Å². The fraction of sp³-hybridized carbons (Fsp3) is 0.538. The van der Waals surface area contributed by atoms with Crippen LogP contribution < -0.4 is 10.1 Å². The second kappa shape index (κ2) is 6.35. The number of ether oxygens (including phenoxy) is 1. The van der Waals surface area contributed by atoms with Crippen LogP contribution in [0.4, 0.5) is 0 Å². The van der Waals surface area contributed by atoms with Crippen molar-refractivity contribution in [2.24, 2.45) is 0 Å². The number of nitrogens with zero attached hydrogens (tertiary/aromatic N) is 1. The lowest BCUT2D eigenvalue weighted by molar-refractivity contribution is -0.558. The maximum Gasteiger partial charge on any atom is 0.228 e. The summed E-state index contributed by atoms with van der Waals surface area (Å²) in [5.74, 6) is 0.854. The van der Waals surface area contributed by atoms with Gasteiger partial charge < -0.3 is 10.1 Å². The van der Waals surface area contributed by atoms with Crippen LogP contribution in [0.5, 0.6) is 5.75 Å². The number of benzene rings is 1. The van der Waals surface area contributed by atoms with Gasteiger partial charge in [-0.15, -0.1) is 0 Å². The van der Waals surface area contributed by atoms with Gasteiger partial charge in [-0.25, -0.2) is 0 Å². The molecule has 0 unspecified atom stereocenters. The molecule has 0 radical (unpaired) electrons. The molecule has 0 spiro atoms. The topological polar surface area (TPSA) is 64.4 Å². The van der Waals surface area contributed by atoms with Crippen molar-refractivity contribution in [1.29, 1.82) is 0 Å². The lowest BCUT2D eigenvalue weighted by Crippen LogP contribution is -2.42. The average Bonchev–Trinajstić information content (AvgIpc) is 2.35. The third kappa shape index (κ3) is 4.00. The van der Waals surface area contributed by atoms with E-state index in [1.54, 1.807) is 21.0 Å². The molecule has 0 saturated carbocycles. The van der Waals surface area contributed by atoms with Gasteiger partial charge >= 0.3 is 0 Å². The van der Waals surface area contributed by atoms with Crippen LogP contribution in [0.1, 0.15) is 19.4 Å². The molecule has 18 heavy (non-hydrogen) atoms. The first-order valence-corrected chi connectivity index (χ1v) is 5.94. The smallest absolute Gasteiger partial charge is 0.228 e. The Morgan fingerprint density at radius 1 is 1.39 bits per heavy atom. The van der Waals surface area contributed by atoms with Gasteiger partial charge in [-0.2, -0.15) is 0 Å². The highest BCUT2D eigenvalue weighted by Crippen LogP contribution is 2.17. The minimum atomic E-state index is -0.930. The number of hydrogen-bond donors (Lipinski definition) is 1. The number of methoxy groups -OCH3 is 1. The summed E-state index contributed by atoms with van der Waals surface area (Å²) in [6.45, 7) is 4.28. The first-order valence-electron chi connectivity index (χ1n) is 5.94. The Hall–Kier alpha value is -1.62. The Morgan fingerprint density at radius 3 is 2.67 bits per heavy atom. The number of hydrogen-bond acceptors (Lipinski definition) is 4. The molecule has 0 aliphatic rings. The molecule has 0 aliphatic heterocycles. The van der Waals surface area contributed by atoms with E-state index in [0.717, 1.165) is 17.7 Å². The predicted molar refractivity (Wildman–Crippen MR) is 70.6 cm³/mol. The zero-order valence-corrected chi connectivity index (χ0v) is 11.1. The van der Waals surface area contributed by atoms with Crippen LogP contribution in [0.25, 0.3) is 0 Å². The monoisotopic (exact) mass is 252 g/mol. The highest BCUT2D eigenvalue weighted by molar-refractivity contribution is 5.33. The number of rotatable bonds is 7. The van der Waals surface area contributed by atoms with Gasteiger partial charge in [-0.05, 0) is 24.6 Å². The van der Waals surface area contributed by atoms with Crippen molar-refractivity contribution in [2.75, 3.05) is 20.2 Å². The average molecular weight is 252 g/mol. The summed E-state index contributed by atoms with van der Waals surface area (Å²) < 4.78 is 5.25. The van der Waals surface area contributed by atoms with E-state index in [9.17, 15) is 10.1 Å². The molecular formula is C13H20N2O3. The third-order valence-corrected chi connectivity index (χ3v) is 2.82. The molecule has 0 heterocycles. The molecule has 1 aromatic carbocycles. The zero-order valence-electron chi connectivity index (χ0n) is 11.1. The van der Waals surface area contributed by atoms with Gasteiger partial charge in [0.2, 0.25) is 5.54 Å². The van der Waals surface area contributed by atoms with Gasteiger partial charge in [0, 0.05) is 18.8 Å². The van der Waals surface area contributed by atoms with E-state index in [2.05, 4.69) is 5.32 Å². The molecule has 5 heteroatoms. The maximum absolute atomic E-state index is 10.7. The van der Waals surface area contributed by atoms with Crippen molar-refractivity contribution in [2.45, 2.75) is 25.8 Å². The number of para-hydroxylation sites is 1. The summed E-state index contributed by atoms with van der Waals surface area (Å²) in [6.07, 6.45) is 0.789. The zero-order chi connectivity index (χ0) is 13.6. The van der Waals surface area contributed by atoms with Crippen LogP contribution in [-0.2, 0) is 6.42 Å². The fourth-order valence-corrected chi connectivity index (χ4v) is 1.59. The van der Waals surface area contributed by atoms with E-state index >= 15 is 0 Å². The molecule has 0 bridgehead atoms. The summed E-state index contributed by atoms with van der Waals surface area (Å²) in [7, 11) is 1.64. The van der Waals surface area contributed by atoms with Gasteiger partial charge in [0.15, 0.2) is 0 Å². The molecule has 100 valence electrons. The predicted octanol–water partition coefficient (Wildman–Crippen LogP) is 1.88. The van der Waals surface area contributed by atoms with E-state index in [0.29, 0.717) is 13.1 Å². The molecule has 5 nitrogen and oxygen atoms in total. The van der Waals surface area contributed by atoms with E-state index in [4.69, 9.17) is 4.74 Å². The minimum Gasteiger partial charge on any atom is -0.496 e. The van der Waals surface area contributed by atoms with Crippen molar-refractivity contribution in [3.05, 3.63) is 39.9 Å². The Labute approximate surface area is 107 Å². The van der Waals surface area contributed by atoms with Crippen molar-refractivity contribution < 1.29 is 9.66 Å². The standard InChI is InChI=1S/C13H20N2O3/c1-13(2,15(16)17)10-14-9-8-11-6-4-5-7-12(11)18-3/h4-7,14H,8-10H2,1-3H3. The van der Waals surface area contributed by atoms with Crippen molar-refractivity contribution >= 4 is 0 Å². The second-order valence-corrected chi connectivity index (χ2v) is 4.81. The molecule has 0 amide bonds. The summed E-state index contributed by atoms with van der Waals surface area (Å²) in [4.78, 5) is 10.5. The third-order valence-electron chi connectivity index (χ3n) is 2.82. The van der Waals surface area contributed by atoms with Gasteiger partial charge in [0.25, 0.3) is 0 Å². The molecule has 0 fully saturated rings. The lowest BCUT2D eigenvalue weighted by Gasteiger charge is -2.16. The molecule has 0 aliphatic carbocycles. The van der Waals surface area contributed by atoms with Crippen LogP contribution in [0.15, 0.2) is 24.3 Å². The Bertz CT molecular complexity index is 405. The van der Waals surface area contributed by atoms with Crippen molar-refractivity contribution in [1.82, 2.24) is 5.32 Å². The van der Waals surface area contributed by atoms with Crippen LogP contribution >= 0.6 is 0 Å². The molecule has 1 aromatic rings. The normalized spacial score (nSPS) is 11.3. The van der Waals surface area contributed by atoms with Crippen LogP contribution in [0, 0.1) is 10.1 Å². The summed E-state index contributed by atoms with van der Waals surface area (Å²) in [6, 6.07) is 7.79. The van der Waals surface area contributed by atoms with Crippen molar-refractivity contribution in [3.63, 3.8) is 0 Å². The Morgan fingerprint density at radius 2 is 2.06 bits per heavy atom. The first kappa shape index (κ1) is 14.4. The van der Waals surface area contributed by atoms with Crippen molar-refractivity contribution in [3.8, 4) is 5.75 Å². The SMILES string of the molecule is COc1ccccc1CCNCC(C)(C)[N+](=O)[O-]. The molecule has 1 N–H and O–H groups in total. The highest BCUT2D eigenvalue weighted by atomic mass is 16.6. The minimum absolute atomic E-state index is 0.261. The summed E-state index contributed by atoms with van der Waals surface area (Å²) in [5.41, 5.74) is 0.173. The van der Waals surface area contributed by atoms with Gasteiger partial charge in [0.05, 0.1) is 13.7 Å². The first-order chi connectivity index (χ1) is 8.47. The maximum atomic E-state index is 10.7. The summed E-state index contributed by atoms with van der Waals surface area (Å²) >= 11 is 0. The van der Waals surface area contributed by atoms with Gasteiger partial charge in [0.1, 0.15) is 5.75 Å². The van der Waals surface area contributed by atoms with Gasteiger partial charge in [-0.3, -0.25) is 10.1 Å².